The van der Waals surface area contributed by atoms with Crippen LogP contribution in [0.4, 0.5) is 5.69 Å². The Labute approximate surface area is 115 Å². The lowest BCUT2D eigenvalue weighted by Crippen LogP contribution is -2.39. The van der Waals surface area contributed by atoms with E-state index in [4.69, 9.17) is 5.84 Å². The summed E-state index contributed by atoms with van der Waals surface area (Å²) in [5.41, 5.74) is 3.67. The normalized spacial score (nSPS) is 12.0. The summed E-state index contributed by atoms with van der Waals surface area (Å²) in [6.07, 6.45) is 4.60. The fraction of sp³-hybridized carbons (Fsp3) is 0.571. The highest BCUT2D eigenvalue weighted by Gasteiger charge is 2.20. The highest BCUT2D eigenvalue weighted by atomic mass is 16.2. The van der Waals surface area contributed by atoms with Crippen LogP contribution in [0.5, 0.6) is 0 Å². The average molecular weight is 264 g/mol. The van der Waals surface area contributed by atoms with Gasteiger partial charge in [-0.15, -0.1) is 0 Å². The van der Waals surface area contributed by atoms with E-state index in [0.29, 0.717) is 11.4 Å². The minimum absolute atomic E-state index is 0.00799. The molecule has 3 N–H and O–H groups in total. The molecule has 0 saturated heterocycles. The summed E-state index contributed by atoms with van der Waals surface area (Å²) in [5, 5.41) is 0. The molecule has 5 nitrogen and oxygen atoms in total. The van der Waals surface area contributed by atoms with E-state index in [2.05, 4.69) is 31.2 Å². The minimum atomic E-state index is -0.00799. The lowest BCUT2D eigenvalue weighted by molar-refractivity contribution is 0.0679. The number of hydrogen-bond acceptors (Lipinski definition) is 4. The van der Waals surface area contributed by atoms with Crippen molar-refractivity contribution in [3.63, 3.8) is 0 Å². The summed E-state index contributed by atoms with van der Waals surface area (Å²) in [5.74, 6) is 5.28. The molecule has 1 aromatic rings. The second-order valence-corrected chi connectivity index (χ2v) is 4.69. The maximum Gasteiger partial charge on any atom is 0.272 e. The molecule has 19 heavy (non-hydrogen) atoms. The number of anilines is 1. The number of nitrogens with one attached hydrogen (secondary N) is 1. The number of unbranched alkanes of at least 4 members (excludes halogenated alkanes) is 1. The Balaban J connectivity index is 2.84. The van der Waals surface area contributed by atoms with E-state index in [-0.39, 0.29) is 11.9 Å². The molecule has 0 fully saturated rings. The number of pyridine rings is 1. The smallest absolute Gasteiger partial charge is 0.272 e. The number of hydrogen-bond donors (Lipinski definition) is 2. The molecular formula is C14H24N4O. The minimum Gasteiger partial charge on any atom is -0.335 e. The first kappa shape index (κ1) is 15.4. The van der Waals surface area contributed by atoms with Gasteiger partial charge in [0.1, 0.15) is 5.69 Å². The van der Waals surface area contributed by atoms with Crippen molar-refractivity contribution in [2.24, 2.45) is 5.84 Å². The third-order valence-electron chi connectivity index (χ3n) is 3.29. The first-order valence-corrected chi connectivity index (χ1v) is 6.87. The van der Waals surface area contributed by atoms with Crippen LogP contribution in [-0.2, 0) is 0 Å². The van der Waals surface area contributed by atoms with Crippen LogP contribution in [0.15, 0.2) is 18.3 Å². The quantitative estimate of drug-likeness (QED) is 0.586. The predicted molar refractivity (Wildman–Crippen MR) is 77.7 cm³/mol. The van der Waals surface area contributed by atoms with E-state index >= 15 is 0 Å². The van der Waals surface area contributed by atoms with E-state index in [1.165, 1.54) is 0 Å². The van der Waals surface area contributed by atoms with E-state index in [0.717, 1.165) is 25.8 Å². The molecule has 0 aromatic carbocycles. The largest absolute Gasteiger partial charge is 0.335 e. The van der Waals surface area contributed by atoms with Crippen LogP contribution in [0.2, 0.25) is 0 Å². The maximum atomic E-state index is 12.5. The molecule has 1 heterocycles. The molecular weight excluding hydrogens is 240 g/mol. The number of rotatable bonds is 7. The molecule has 0 saturated carbocycles. The number of aromatic nitrogens is 1. The van der Waals surface area contributed by atoms with Crippen LogP contribution in [0.1, 0.15) is 50.5 Å². The first-order valence-electron chi connectivity index (χ1n) is 6.87. The summed E-state index contributed by atoms with van der Waals surface area (Å²) < 4.78 is 0. The molecule has 1 rings (SSSR count). The third kappa shape index (κ3) is 4.21. The molecule has 1 atom stereocenters. The number of nitrogen functional groups attached to an aromatic ring is 1. The Morgan fingerprint density at radius 3 is 2.68 bits per heavy atom. The zero-order chi connectivity index (χ0) is 14.3. The van der Waals surface area contributed by atoms with Crippen LogP contribution >= 0.6 is 0 Å². The molecule has 0 radical (unpaired) electrons. The van der Waals surface area contributed by atoms with Gasteiger partial charge in [-0.2, -0.15) is 0 Å². The van der Waals surface area contributed by atoms with Gasteiger partial charge in [0.2, 0.25) is 0 Å². The molecule has 0 aliphatic carbocycles. The predicted octanol–water partition coefficient (Wildman–Crippen LogP) is 2.41. The molecule has 106 valence electrons. The zero-order valence-corrected chi connectivity index (χ0v) is 12.0. The summed E-state index contributed by atoms with van der Waals surface area (Å²) in [6.45, 7) is 7.07. The number of carbonyl (C=O) groups excluding carboxylic acids is 1. The van der Waals surface area contributed by atoms with Crippen molar-refractivity contribution in [3.8, 4) is 0 Å². The van der Waals surface area contributed by atoms with Crippen LogP contribution < -0.4 is 11.3 Å². The van der Waals surface area contributed by atoms with Gasteiger partial charge >= 0.3 is 0 Å². The number of hydrazine groups is 1. The van der Waals surface area contributed by atoms with Crippen molar-refractivity contribution in [1.82, 2.24) is 9.88 Å². The van der Waals surface area contributed by atoms with Crippen molar-refractivity contribution >= 4 is 11.6 Å². The van der Waals surface area contributed by atoms with Crippen LogP contribution in [-0.4, -0.2) is 28.4 Å². The van der Waals surface area contributed by atoms with Crippen molar-refractivity contribution in [1.29, 1.82) is 0 Å². The molecule has 0 spiro atoms. The molecule has 5 heteroatoms. The standard InChI is InChI=1S/C14H24N4O/c1-4-6-9-18(11(3)5-2)14(19)13-8-7-12(17-15)10-16-13/h7-8,10-11,17H,4-6,9,15H2,1-3H3. The second kappa shape index (κ2) is 7.74. The maximum absolute atomic E-state index is 12.5. The Morgan fingerprint density at radius 2 is 2.21 bits per heavy atom. The van der Waals surface area contributed by atoms with Crippen LogP contribution in [0, 0.1) is 0 Å². The summed E-state index contributed by atoms with van der Waals surface area (Å²) in [6, 6.07) is 3.70. The van der Waals surface area contributed by atoms with Gasteiger partial charge in [0.25, 0.3) is 5.91 Å². The monoisotopic (exact) mass is 264 g/mol. The van der Waals surface area contributed by atoms with E-state index in [9.17, 15) is 4.79 Å². The molecule has 1 amide bonds. The lowest BCUT2D eigenvalue weighted by atomic mass is 10.1. The van der Waals surface area contributed by atoms with Gasteiger partial charge in [0.05, 0.1) is 11.9 Å². The molecule has 1 aromatic heterocycles. The Morgan fingerprint density at radius 1 is 1.47 bits per heavy atom. The zero-order valence-electron chi connectivity index (χ0n) is 12.0. The highest BCUT2D eigenvalue weighted by Crippen LogP contribution is 2.12. The fourth-order valence-electron chi connectivity index (χ4n) is 1.82. The van der Waals surface area contributed by atoms with Gasteiger partial charge in [0.15, 0.2) is 0 Å². The molecule has 0 aliphatic heterocycles. The Hall–Kier alpha value is -1.62. The van der Waals surface area contributed by atoms with Crippen molar-refractivity contribution in [2.75, 3.05) is 12.0 Å². The number of nitrogens with two attached hydrogens (primary N) is 1. The van der Waals surface area contributed by atoms with Crippen LogP contribution in [0.3, 0.4) is 0 Å². The topological polar surface area (TPSA) is 71.2 Å². The molecule has 1 unspecified atom stereocenters. The van der Waals surface area contributed by atoms with Crippen molar-refractivity contribution in [2.45, 2.75) is 46.1 Å². The average Bonchev–Trinajstić information content (AvgIpc) is 2.47. The first-order chi connectivity index (χ1) is 9.13. The lowest BCUT2D eigenvalue weighted by Gasteiger charge is -2.28. The van der Waals surface area contributed by atoms with Gasteiger partial charge < -0.3 is 10.3 Å². The van der Waals surface area contributed by atoms with Crippen molar-refractivity contribution < 1.29 is 4.79 Å². The number of nitrogens with zero attached hydrogens (tertiary/aromatic N) is 2. The van der Waals surface area contributed by atoms with Gasteiger partial charge in [-0.05, 0) is 31.9 Å². The Kier molecular flexibility index (Phi) is 6.29. The number of amides is 1. The Bertz CT molecular complexity index is 391. The van der Waals surface area contributed by atoms with Crippen LogP contribution in [0.25, 0.3) is 0 Å². The SMILES string of the molecule is CCCCN(C(=O)c1ccc(NN)cn1)C(C)CC. The fourth-order valence-corrected chi connectivity index (χ4v) is 1.82. The van der Waals surface area contributed by atoms with Gasteiger partial charge in [0, 0.05) is 12.6 Å². The summed E-state index contributed by atoms with van der Waals surface area (Å²) in [4.78, 5) is 18.5. The third-order valence-corrected chi connectivity index (χ3v) is 3.29. The van der Waals surface area contributed by atoms with Gasteiger partial charge in [-0.1, -0.05) is 20.3 Å². The highest BCUT2D eigenvalue weighted by molar-refractivity contribution is 5.92. The number of carbonyl (C=O) groups is 1. The summed E-state index contributed by atoms with van der Waals surface area (Å²) >= 11 is 0. The molecule has 0 bridgehead atoms. The van der Waals surface area contributed by atoms with E-state index in [1.807, 2.05) is 4.90 Å². The van der Waals surface area contributed by atoms with E-state index in [1.54, 1.807) is 18.3 Å². The van der Waals surface area contributed by atoms with Gasteiger partial charge in [-0.25, -0.2) is 4.98 Å². The summed E-state index contributed by atoms with van der Waals surface area (Å²) in [7, 11) is 0. The molecule has 0 aliphatic rings. The van der Waals surface area contributed by atoms with Gasteiger partial charge in [-0.3, -0.25) is 10.6 Å². The van der Waals surface area contributed by atoms with E-state index < -0.39 is 0 Å². The second-order valence-electron chi connectivity index (χ2n) is 4.69. The van der Waals surface area contributed by atoms with Crippen molar-refractivity contribution in [3.05, 3.63) is 24.0 Å².